The third-order valence-corrected chi connectivity index (χ3v) is 5.01. The minimum absolute atomic E-state index is 0.259. The van der Waals surface area contributed by atoms with E-state index in [0.717, 1.165) is 50.7 Å². The molecule has 3 rings (SSSR count). The average Bonchev–Trinajstić information content (AvgIpc) is 3.16. The molecule has 8 nitrogen and oxygen atoms in total. The van der Waals surface area contributed by atoms with Gasteiger partial charge in [0, 0.05) is 45.8 Å². The summed E-state index contributed by atoms with van der Waals surface area (Å²) in [7, 11) is 0. The van der Waals surface area contributed by atoms with Crippen LogP contribution in [0.4, 0.5) is 0 Å². The van der Waals surface area contributed by atoms with Crippen LogP contribution in [-0.2, 0) is 22.6 Å². The van der Waals surface area contributed by atoms with Crippen LogP contribution >= 0.6 is 0 Å². The van der Waals surface area contributed by atoms with E-state index in [9.17, 15) is 4.79 Å². The predicted octanol–water partition coefficient (Wildman–Crippen LogP) is -0.632. The third kappa shape index (κ3) is 3.11. The van der Waals surface area contributed by atoms with Gasteiger partial charge < -0.3 is 10.5 Å². The number of hydrogen-bond acceptors (Lipinski definition) is 6. The second kappa shape index (κ2) is 6.54. The van der Waals surface area contributed by atoms with Gasteiger partial charge in [0.2, 0.25) is 5.91 Å². The number of aromatic nitrogens is 3. The molecule has 1 aromatic heterocycles. The largest absolute Gasteiger partial charge is 0.379 e. The van der Waals surface area contributed by atoms with E-state index in [4.69, 9.17) is 10.5 Å². The van der Waals surface area contributed by atoms with Gasteiger partial charge in [0.15, 0.2) is 0 Å². The molecular formula is C15H26N6O2. The van der Waals surface area contributed by atoms with Gasteiger partial charge in [-0.15, -0.1) is 0 Å². The Morgan fingerprint density at radius 3 is 2.57 bits per heavy atom. The van der Waals surface area contributed by atoms with Crippen molar-refractivity contribution in [1.82, 2.24) is 24.8 Å². The maximum absolute atomic E-state index is 11.9. The first-order valence-electron chi connectivity index (χ1n) is 8.31. The highest BCUT2D eigenvalue weighted by Crippen LogP contribution is 2.27. The van der Waals surface area contributed by atoms with Gasteiger partial charge in [0.1, 0.15) is 5.54 Å². The number of ether oxygens (including phenoxy) is 1. The van der Waals surface area contributed by atoms with Crippen molar-refractivity contribution in [1.29, 1.82) is 0 Å². The molecule has 0 aromatic carbocycles. The highest BCUT2D eigenvalue weighted by atomic mass is 16.5. The molecule has 0 saturated carbocycles. The Balaban J connectivity index is 1.60. The Bertz CT molecular complexity index is 558. The first-order valence-corrected chi connectivity index (χ1v) is 8.31. The molecule has 0 aliphatic carbocycles. The number of aryl methyl sites for hydroxylation is 2. The summed E-state index contributed by atoms with van der Waals surface area (Å²) in [4.78, 5) is 18.2. The molecule has 2 saturated heterocycles. The Morgan fingerprint density at radius 1 is 1.30 bits per heavy atom. The number of amides is 1. The van der Waals surface area contributed by atoms with Crippen molar-refractivity contribution in [3.63, 3.8) is 0 Å². The highest BCUT2D eigenvalue weighted by Gasteiger charge is 2.46. The van der Waals surface area contributed by atoms with Crippen LogP contribution in [0.3, 0.4) is 0 Å². The zero-order chi connectivity index (χ0) is 16.4. The van der Waals surface area contributed by atoms with Gasteiger partial charge in [0.25, 0.3) is 0 Å². The van der Waals surface area contributed by atoms with E-state index in [1.165, 1.54) is 0 Å². The summed E-state index contributed by atoms with van der Waals surface area (Å²) >= 11 is 0. The van der Waals surface area contributed by atoms with Crippen LogP contribution in [0.15, 0.2) is 0 Å². The minimum atomic E-state index is -0.604. The molecule has 8 heteroatoms. The summed E-state index contributed by atoms with van der Waals surface area (Å²) in [5.74, 6) is -0.259. The second-order valence-corrected chi connectivity index (χ2v) is 6.38. The normalized spacial score (nSPS) is 26.7. The van der Waals surface area contributed by atoms with Crippen LogP contribution in [0.2, 0.25) is 0 Å². The lowest BCUT2D eigenvalue weighted by atomic mass is 9.94. The molecule has 0 bridgehead atoms. The SMILES string of the molecule is CCn1nc(C)c(CN2CCN(C3(C(N)=O)CCOC3)CC2)n1. The summed E-state index contributed by atoms with van der Waals surface area (Å²) < 4.78 is 5.45. The maximum atomic E-state index is 11.9. The molecule has 3 heterocycles. The van der Waals surface area contributed by atoms with Crippen LogP contribution in [0.25, 0.3) is 0 Å². The van der Waals surface area contributed by atoms with Crippen molar-refractivity contribution in [3.05, 3.63) is 11.4 Å². The van der Waals surface area contributed by atoms with Gasteiger partial charge in [-0.3, -0.25) is 14.6 Å². The number of piperazine rings is 1. The predicted molar refractivity (Wildman–Crippen MR) is 84.6 cm³/mol. The van der Waals surface area contributed by atoms with Crippen molar-refractivity contribution in [2.45, 2.75) is 38.9 Å². The molecule has 128 valence electrons. The molecule has 2 aliphatic heterocycles. The van der Waals surface area contributed by atoms with Crippen molar-refractivity contribution in [2.24, 2.45) is 5.73 Å². The van der Waals surface area contributed by atoms with E-state index in [-0.39, 0.29) is 5.91 Å². The van der Waals surface area contributed by atoms with Gasteiger partial charge in [-0.1, -0.05) is 0 Å². The first-order chi connectivity index (χ1) is 11.0. The summed E-state index contributed by atoms with van der Waals surface area (Å²) in [5.41, 5.74) is 7.09. The fourth-order valence-corrected chi connectivity index (χ4v) is 3.45. The van der Waals surface area contributed by atoms with Crippen molar-refractivity contribution in [3.8, 4) is 0 Å². The fourth-order valence-electron chi connectivity index (χ4n) is 3.45. The van der Waals surface area contributed by atoms with Gasteiger partial charge in [-0.2, -0.15) is 15.0 Å². The van der Waals surface area contributed by atoms with Crippen LogP contribution in [0.1, 0.15) is 24.7 Å². The van der Waals surface area contributed by atoms with Gasteiger partial charge in [-0.25, -0.2) is 0 Å². The molecule has 1 unspecified atom stereocenters. The molecule has 1 atom stereocenters. The van der Waals surface area contributed by atoms with Crippen LogP contribution in [0.5, 0.6) is 0 Å². The molecular weight excluding hydrogens is 296 g/mol. The first kappa shape index (κ1) is 16.4. The van der Waals surface area contributed by atoms with Crippen molar-refractivity contribution >= 4 is 5.91 Å². The number of carbonyl (C=O) groups is 1. The molecule has 0 spiro atoms. The van der Waals surface area contributed by atoms with Crippen molar-refractivity contribution in [2.75, 3.05) is 39.4 Å². The van der Waals surface area contributed by atoms with E-state index < -0.39 is 5.54 Å². The minimum Gasteiger partial charge on any atom is -0.379 e. The second-order valence-electron chi connectivity index (χ2n) is 6.38. The molecule has 1 amide bonds. The monoisotopic (exact) mass is 322 g/mol. The molecule has 2 fully saturated rings. The molecule has 0 radical (unpaired) electrons. The summed E-state index contributed by atoms with van der Waals surface area (Å²) in [6.07, 6.45) is 0.701. The number of nitrogens with two attached hydrogens (primary N) is 1. The summed E-state index contributed by atoms with van der Waals surface area (Å²) in [6, 6.07) is 0. The topological polar surface area (TPSA) is 89.5 Å². The van der Waals surface area contributed by atoms with Gasteiger partial charge >= 0.3 is 0 Å². The summed E-state index contributed by atoms with van der Waals surface area (Å²) in [5, 5.41) is 8.91. The third-order valence-electron chi connectivity index (χ3n) is 5.01. The lowest BCUT2D eigenvalue weighted by molar-refractivity contribution is -0.132. The highest BCUT2D eigenvalue weighted by molar-refractivity contribution is 5.85. The van der Waals surface area contributed by atoms with Crippen LogP contribution in [0, 0.1) is 6.92 Å². The number of rotatable bonds is 5. The fraction of sp³-hybridized carbons (Fsp3) is 0.800. The zero-order valence-electron chi connectivity index (χ0n) is 14.0. The number of primary amides is 1. The van der Waals surface area contributed by atoms with Gasteiger partial charge in [-0.05, 0) is 13.8 Å². The quantitative estimate of drug-likeness (QED) is 0.776. The Hall–Kier alpha value is -1.51. The van der Waals surface area contributed by atoms with E-state index in [0.29, 0.717) is 19.6 Å². The Labute approximate surface area is 136 Å². The average molecular weight is 322 g/mol. The van der Waals surface area contributed by atoms with E-state index in [1.54, 1.807) is 4.80 Å². The lowest BCUT2D eigenvalue weighted by Crippen LogP contribution is -2.63. The maximum Gasteiger partial charge on any atom is 0.240 e. The van der Waals surface area contributed by atoms with E-state index in [2.05, 4.69) is 20.0 Å². The molecule has 2 aliphatic rings. The number of nitrogens with zero attached hydrogens (tertiary/aromatic N) is 5. The smallest absolute Gasteiger partial charge is 0.240 e. The molecule has 23 heavy (non-hydrogen) atoms. The number of carbonyl (C=O) groups excluding carboxylic acids is 1. The standard InChI is InChI=1S/C15H26N6O2/c1-3-21-17-12(2)13(18-21)10-19-5-7-20(8-6-19)15(14(16)22)4-9-23-11-15/h3-11H2,1-2H3,(H2,16,22). The number of hydrogen-bond donors (Lipinski definition) is 1. The van der Waals surface area contributed by atoms with Crippen molar-refractivity contribution < 1.29 is 9.53 Å². The van der Waals surface area contributed by atoms with E-state index >= 15 is 0 Å². The van der Waals surface area contributed by atoms with Gasteiger partial charge in [0.05, 0.1) is 24.5 Å². The Kier molecular flexibility index (Phi) is 4.65. The molecule has 1 aromatic rings. The van der Waals surface area contributed by atoms with Crippen LogP contribution < -0.4 is 5.73 Å². The summed E-state index contributed by atoms with van der Waals surface area (Å²) in [6.45, 7) is 10.1. The zero-order valence-corrected chi connectivity index (χ0v) is 14.0. The Morgan fingerprint density at radius 2 is 2.04 bits per heavy atom. The van der Waals surface area contributed by atoms with Crippen LogP contribution in [-0.4, -0.2) is 75.6 Å². The molecule has 2 N–H and O–H groups in total. The lowest BCUT2D eigenvalue weighted by Gasteiger charge is -2.43. The van der Waals surface area contributed by atoms with E-state index in [1.807, 2.05) is 13.8 Å².